The van der Waals surface area contributed by atoms with Gasteiger partial charge in [-0.05, 0) is 25.0 Å². The molecule has 1 aromatic heterocycles. The Hall–Kier alpha value is -1.70. The summed E-state index contributed by atoms with van der Waals surface area (Å²) < 4.78 is 0. The lowest BCUT2D eigenvalue weighted by Crippen LogP contribution is -1.87. The molecule has 1 radical (unpaired) electrons. The molecule has 0 saturated carbocycles. The Bertz CT molecular complexity index is 435. The van der Waals surface area contributed by atoms with Crippen molar-refractivity contribution < 1.29 is 0 Å². The maximum absolute atomic E-state index is 3.99. The largest absolute Gasteiger partial charge is 0.244 e. The lowest BCUT2D eigenvalue weighted by molar-refractivity contribution is 1.16. The molecule has 2 rings (SSSR count). The van der Waals surface area contributed by atoms with Crippen LogP contribution in [0, 0.1) is 20.0 Å². The zero-order valence-electron chi connectivity index (χ0n) is 8.28. The molecule has 0 fully saturated rings. The summed E-state index contributed by atoms with van der Waals surface area (Å²) in [4.78, 5) is 7.89. The van der Waals surface area contributed by atoms with E-state index < -0.39 is 0 Å². The van der Waals surface area contributed by atoms with E-state index in [0.29, 0.717) is 0 Å². The predicted molar refractivity (Wildman–Crippen MR) is 55.8 cm³/mol. The van der Waals surface area contributed by atoms with Crippen molar-refractivity contribution in [1.29, 1.82) is 0 Å². The van der Waals surface area contributed by atoms with E-state index in [1.807, 2.05) is 0 Å². The van der Waals surface area contributed by atoms with Gasteiger partial charge in [0.15, 0.2) is 0 Å². The lowest BCUT2D eigenvalue weighted by atomic mass is 10.0. The maximum atomic E-state index is 3.99. The summed E-state index contributed by atoms with van der Waals surface area (Å²) in [6, 6.07) is 6.33. The molecule has 1 aromatic carbocycles. The summed E-state index contributed by atoms with van der Waals surface area (Å²) >= 11 is 0. The molecule has 0 unspecified atom stereocenters. The van der Waals surface area contributed by atoms with Gasteiger partial charge in [-0.1, -0.05) is 23.8 Å². The first-order valence-corrected chi connectivity index (χ1v) is 4.52. The third kappa shape index (κ3) is 1.64. The van der Waals surface area contributed by atoms with Gasteiger partial charge in [-0.3, -0.25) is 0 Å². The van der Waals surface area contributed by atoms with Gasteiger partial charge in [0.05, 0.1) is 0 Å². The smallest absolute Gasteiger partial charge is 0.116 e. The van der Waals surface area contributed by atoms with Gasteiger partial charge in [-0.25, -0.2) is 9.97 Å². The molecule has 0 aliphatic rings. The maximum Gasteiger partial charge on any atom is 0.116 e. The molecule has 69 valence electrons. The van der Waals surface area contributed by atoms with Crippen molar-refractivity contribution in [1.82, 2.24) is 9.97 Å². The van der Waals surface area contributed by atoms with Crippen LogP contribution in [0.4, 0.5) is 0 Å². The molecule has 0 spiro atoms. The molecule has 0 bridgehead atoms. The third-order valence-corrected chi connectivity index (χ3v) is 2.20. The fourth-order valence-electron chi connectivity index (χ4n) is 1.42. The van der Waals surface area contributed by atoms with Gasteiger partial charge in [0.1, 0.15) is 12.5 Å². The first kappa shape index (κ1) is 8.88. The number of aromatic nitrogens is 2. The molecule has 0 amide bonds. The molecule has 2 heteroatoms. The van der Waals surface area contributed by atoms with Crippen LogP contribution < -0.4 is 0 Å². The van der Waals surface area contributed by atoms with Crippen LogP contribution in [-0.4, -0.2) is 9.97 Å². The van der Waals surface area contributed by atoms with Gasteiger partial charge < -0.3 is 0 Å². The van der Waals surface area contributed by atoms with E-state index in [9.17, 15) is 0 Å². The first-order chi connectivity index (χ1) is 6.77. The van der Waals surface area contributed by atoms with Crippen molar-refractivity contribution in [3.8, 4) is 11.1 Å². The number of hydrogen-bond acceptors (Lipinski definition) is 2. The highest BCUT2D eigenvalue weighted by Gasteiger charge is 2.02. The van der Waals surface area contributed by atoms with Crippen LogP contribution in [0.3, 0.4) is 0 Å². The average Bonchev–Trinajstić information content (AvgIpc) is 2.23. The van der Waals surface area contributed by atoms with Crippen molar-refractivity contribution in [2.75, 3.05) is 0 Å². The molecule has 2 nitrogen and oxygen atoms in total. The molecule has 1 heterocycles. The normalized spacial score (nSPS) is 10.1. The zero-order valence-corrected chi connectivity index (χ0v) is 8.28. The highest BCUT2D eigenvalue weighted by Crippen LogP contribution is 2.22. The van der Waals surface area contributed by atoms with E-state index in [2.05, 4.69) is 48.2 Å². The second-order valence-corrected chi connectivity index (χ2v) is 3.37. The standard InChI is InChI=1S/C12H11N2/c1-9-3-4-10(2)12(5-9)11-6-13-8-14-7-11/h3-6,8H,1-2H3. The van der Waals surface area contributed by atoms with E-state index in [0.717, 1.165) is 11.1 Å². The van der Waals surface area contributed by atoms with E-state index >= 15 is 0 Å². The van der Waals surface area contributed by atoms with Gasteiger partial charge in [-0.2, -0.15) is 0 Å². The van der Waals surface area contributed by atoms with Gasteiger partial charge in [-0.15, -0.1) is 0 Å². The fourth-order valence-corrected chi connectivity index (χ4v) is 1.42. The van der Waals surface area contributed by atoms with Crippen molar-refractivity contribution in [3.63, 3.8) is 0 Å². The minimum atomic E-state index is 0.953. The number of nitrogens with zero attached hydrogens (tertiary/aromatic N) is 2. The molecule has 14 heavy (non-hydrogen) atoms. The summed E-state index contributed by atoms with van der Waals surface area (Å²) in [6.07, 6.45) is 6.22. The van der Waals surface area contributed by atoms with Crippen LogP contribution >= 0.6 is 0 Å². The first-order valence-electron chi connectivity index (χ1n) is 4.52. The van der Waals surface area contributed by atoms with Crippen LogP contribution in [0.2, 0.25) is 0 Å². The summed E-state index contributed by atoms with van der Waals surface area (Å²) in [5.41, 5.74) is 4.57. The lowest BCUT2D eigenvalue weighted by Gasteiger charge is -2.05. The Morgan fingerprint density at radius 2 is 2.07 bits per heavy atom. The fraction of sp³-hybridized carbons (Fsp3) is 0.167. The Morgan fingerprint density at radius 3 is 2.79 bits per heavy atom. The Kier molecular flexibility index (Phi) is 2.27. The second kappa shape index (κ2) is 3.58. The Morgan fingerprint density at radius 1 is 1.21 bits per heavy atom. The van der Waals surface area contributed by atoms with Crippen molar-refractivity contribution in [3.05, 3.63) is 48.0 Å². The number of aryl methyl sites for hydroxylation is 2. The zero-order chi connectivity index (χ0) is 9.97. The monoisotopic (exact) mass is 183 g/mol. The molecule has 2 aromatic rings. The molecule has 0 aliphatic carbocycles. The Balaban J connectivity index is 2.57. The summed E-state index contributed by atoms with van der Waals surface area (Å²) in [7, 11) is 0. The van der Waals surface area contributed by atoms with Crippen molar-refractivity contribution in [2.45, 2.75) is 13.8 Å². The molecule has 0 aliphatic heterocycles. The topological polar surface area (TPSA) is 25.8 Å². The SMILES string of the molecule is Cc1ccc(C)c(-c2[c]ncnc2)c1. The minimum absolute atomic E-state index is 0.953. The van der Waals surface area contributed by atoms with Gasteiger partial charge >= 0.3 is 0 Å². The van der Waals surface area contributed by atoms with Crippen molar-refractivity contribution in [2.24, 2.45) is 0 Å². The van der Waals surface area contributed by atoms with Crippen molar-refractivity contribution >= 4 is 0 Å². The van der Waals surface area contributed by atoms with Gasteiger partial charge in [0, 0.05) is 11.8 Å². The van der Waals surface area contributed by atoms with Crippen LogP contribution in [-0.2, 0) is 0 Å². The molecular weight excluding hydrogens is 172 g/mol. The number of hydrogen-bond donors (Lipinski definition) is 0. The predicted octanol–water partition coefficient (Wildman–Crippen LogP) is 2.56. The number of benzene rings is 1. The molecule has 0 atom stereocenters. The minimum Gasteiger partial charge on any atom is -0.244 e. The van der Waals surface area contributed by atoms with Crippen LogP contribution in [0.15, 0.2) is 30.7 Å². The van der Waals surface area contributed by atoms with E-state index in [1.54, 1.807) is 6.20 Å². The third-order valence-electron chi connectivity index (χ3n) is 2.20. The van der Waals surface area contributed by atoms with Crippen LogP contribution in [0.1, 0.15) is 11.1 Å². The van der Waals surface area contributed by atoms with E-state index in [-0.39, 0.29) is 0 Å². The average molecular weight is 183 g/mol. The summed E-state index contributed by atoms with van der Waals surface area (Å²) in [6.45, 7) is 4.16. The summed E-state index contributed by atoms with van der Waals surface area (Å²) in [5.74, 6) is 0. The van der Waals surface area contributed by atoms with Gasteiger partial charge in [0.25, 0.3) is 0 Å². The van der Waals surface area contributed by atoms with Gasteiger partial charge in [0.2, 0.25) is 0 Å². The molecule has 0 saturated heterocycles. The van der Waals surface area contributed by atoms with Crippen LogP contribution in [0.5, 0.6) is 0 Å². The second-order valence-electron chi connectivity index (χ2n) is 3.37. The van der Waals surface area contributed by atoms with E-state index in [1.165, 1.54) is 17.5 Å². The summed E-state index contributed by atoms with van der Waals surface area (Å²) in [5, 5.41) is 0. The quantitative estimate of drug-likeness (QED) is 0.679. The molecular formula is C12H11N2. The van der Waals surface area contributed by atoms with Crippen LogP contribution in [0.25, 0.3) is 11.1 Å². The highest BCUT2D eigenvalue weighted by atomic mass is 14.8. The van der Waals surface area contributed by atoms with E-state index in [4.69, 9.17) is 0 Å². The highest BCUT2D eigenvalue weighted by molar-refractivity contribution is 5.65. The molecule has 0 N–H and O–H groups in total. The Labute approximate surface area is 83.7 Å². The number of rotatable bonds is 1.